The predicted molar refractivity (Wildman–Crippen MR) is 53.2 cm³/mol. The van der Waals surface area contributed by atoms with Gasteiger partial charge in [-0.15, -0.1) is 0 Å². The zero-order valence-corrected chi connectivity index (χ0v) is 8.46. The van der Waals surface area contributed by atoms with Gasteiger partial charge in [0.15, 0.2) is 11.5 Å². The van der Waals surface area contributed by atoms with Crippen LogP contribution in [0, 0.1) is 0 Å². The van der Waals surface area contributed by atoms with Gasteiger partial charge < -0.3 is 9.47 Å². The van der Waals surface area contributed by atoms with Crippen LogP contribution in [0.3, 0.4) is 0 Å². The van der Waals surface area contributed by atoms with E-state index in [1.807, 2.05) is 25.2 Å². The molecule has 0 aromatic rings. The van der Waals surface area contributed by atoms with Crippen molar-refractivity contribution >= 4 is 0 Å². The van der Waals surface area contributed by atoms with Crippen LogP contribution in [0.2, 0.25) is 0 Å². The molecule has 0 aromatic heterocycles. The van der Waals surface area contributed by atoms with Crippen molar-refractivity contribution in [1.82, 2.24) is 0 Å². The van der Waals surface area contributed by atoms with Gasteiger partial charge in [0.05, 0.1) is 0 Å². The lowest BCUT2D eigenvalue weighted by molar-refractivity contribution is 0.0594. The van der Waals surface area contributed by atoms with Gasteiger partial charge in [0.25, 0.3) is 0 Å². The maximum atomic E-state index is 5.46. The van der Waals surface area contributed by atoms with Gasteiger partial charge >= 0.3 is 0 Å². The maximum Gasteiger partial charge on any atom is 0.161 e. The highest BCUT2D eigenvalue weighted by Crippen LogP contribution is 2.17. The summed E-state index contributed by atoms with van der Waals surface area (Å²) in [6.07, 6.45) is 5.89. The highest BCUT2D eigenvalue weighted by Gasteiger charge is 2.11. The first-order valence-corrected chi connectivity index (χ1v) is 4.51. The molecular weight excluding hydrogens is 164 g/mol. The zero-order chi connectivity index (χ0) is 9.68. The third-order valence-corrected chi connectivity index (χ3v) is 1.67. The van der Waals surface area contributed by atoms with Crippen LogP contribution in [-0.4, -0.2) is 13.2 Å². The Hall–Kier alpha value is -1.18. The van der Waals surface area contributed by atoms with E-state index in [0.29, 0.717) is 13.2 Å². The second-order valence-electron chi connectivity index (χ2n) is 3.12. The van der Waals surface area contributed by atoms with E-state index in [-0.39, 0.29) is 0 Å². The highest BCUT2D eigenvalue weighted by molar-refractivity contribution is 5.26. The van der Waals surface area contributed by atoms with Crippen LogP contribution < -0.4 is 0 Å². The van der Waals surface area contributed by atoms with Gasteiger partial charge in [0.2, 0.25) is 0 Å². The summed E-state index contributed by atoms with van der Waals surface area (Å²) in [5.74, 6) is 1.67. The van der Waals surface area contributed by atoms with Gasteiger partial charge in [-0.05, 0) is 32.9 Å². The van der Waals surface area contributed by atoms with Crippen molar-refractivity contribution < 1.29 is 9.47 Å². The lowest BCUT2D eigenvalue weighted by Crippen LogP contribution is -2.13. The molecule has 0 aromatic carbocycles. The average molecular weight is 180 g/mol. The summed E-state index contributed by atoms with van der Waals surface area (Å²) in [6, 6.07) is 0. The molecule has 2 nitrogen and oxygen atoms in total. The van der Waals surface area contributed by atoms with E-state index in [9.17, 15) is 0 Å². The van der Waals surface area contributed by atoms with E-state index in [2.05, 4.69) is 13.8 Å². The summed E-state index contributed by atoms with van der Waals surface area (Å²) in [5.41, 5.74) is 1.25. The van der Waals surface area contributed by atoms with E-state index >= 15 is 0 Å². The van der Waals surface area contributed by atoms with Crippen LogP contribution in [0.15, 0.2) is 35.3 Å². The molecule has 0 amide bonds. The summed E-state index contributed by atoms with van der Waals surface area (Å²) < 4.78 is 10.9. The lowest BCUT2D eigenvalue weighted by Gasteiger charge is -2.20. The minimum absolute atomic E-state index is 0.639. The number of ether oxygens (including phenoxy) is 2. The van der Waals surface area contributed by atoms with Crippen molar-refractivity contribution in [2.24, 2.45) is 0 Å². The maximum absolute atomic E-state index is 5.46. The van der Waals surface area contributed by atoms with E-state index in [1.165, 1.54) is 5.57 Å². The number of hydrogen-bond acceptors (Lipinski definition) is 2. The summed E-state index contributed by atoms with van der Waals surface area (Å²) in [5, 5.41) is 0. The van der Waals surface area contributed by atoms with Gasteiger partial charge in [0.1, 0.15) is 13.2 Å². The van der Waals surface area contributed by atoms with Crippen molar-refractivity contribution in [2.75, 3.05) is 13.2 Å². The molecule has 72 valence electrons. The smallest absolute Gasteiger partial charge is 0.161 e. The van der Waals surface area contributed by atoms with E-state index in [1.54, 1.807) is 0 Å². The van der Waals surface area contributed by atoms with Crippen molar-refractivity contribution in [3.8, 4) is 0 Å². The third-order valence-electron chi connectivity index (χ3n) is 1.67. The quantitative estimate of drug-likeness (QED) is 0.617. The monoisotopic (exact) mass is 180 g/mol. The fourth-order valence-electron chi connectivity index (χ4n) is 1.04. The molecule has 1 aliphatic heterocycles. The Kier molecular flexibility index (Phi) is 3.62. The van der Waals surface area contributed by atoms with Crippen LogP contribution >= 0.6 is 0 Å². The molecular formula is C11H16O2. The lowest BCUT2D eigenvalue weighted by atomic mass is 10.2. The molecule has 1 heterocycles. The molecule has 13 heavy (non-hydrogen) atoms. The summed E-state index contributed by atoms with van der Waals surface area (Å²) in [6.45, 7) is 7.33. The molecule has 1 rings (SSSR count). The predicted octanol–water partition coefficient (Wildman–Crippen LogP) is 2.79. The standard InChI is InChI=1S/C11H16O2/c1-4-10-11(6-5-9(2)3)13-8-7-12-10/h4-6H,7-8H2,1-3H3. The number of rotatable bonds is 1. The largest absolute Gasteiger partial charge is 0.486 e. The molecule has 0 spiro atoms. The van der Waals surface area contributed by atoms with Crippen LogP contribution in [-0.2, 0) is 9.47 Å². The molecule has 0 bridgehead atoms. The van der Waals surface area contributed by atoms with E-state index < -0.39 is 0 Å². The minimum Gasteiger partial charge on any atom is -0.486 e. The van der Waals surface area contributed by atoms with Crippen LogP contribution in [0.4, 0.5) is 0 Å². The van der Waals surface area contributed by atoms with Gasteiger partial charge in [0, 0.05) is 0 Å². The van der Waals surface area contributed by atoms with E-state index in [0.717, 1.165) is 11.5 Å². The second-order valence-corrected chi connectivity index (χ2v) is 3.12. The Morgan fingerprint density at radius 1 is 1.15 bits per heavy atom. The van der Waals surface area contributed by atoms with Crippen molar-refractivity contribution in [3.63, 3.8) is 0 Å². The van der Waals surface area contributed by atoms with Gasteiger partial charge in [-0.3, -0.25) is 0 Å². The van der Waals surface area contributed by atoms with Gasteiger partial charge in [-0.1, -0.05) is 11.6 Å². The highest BCUT2D eigenvalue weighted by atomic mass is 16.6. The van der Waals surface area contributed by atoms with Crippen molar-refractivity contribution in [2.45, 2.75) is 20.8 Å². The van der Waals surface area contributed by atoms with Gasteiger partial charge in [-0.2, -0.15) is 0 Å². The SMILES string of the molecule is CC=C1OCCOC1=CC=C(C)C. The first kappa shape index (κ1) is 9.90. The third kappa shape index (κ3) is 2.98. The molecule has 2 heteroatoms. The van der Waals surface area contributed by atoms with Gasteiger partial charge in [-0.25, -0.2) is 0 Å². The molecule has 0 aliphatic carbocycles. The molecule has 0 unspecified atom stereocenters. The molecule has 0 atom stereocenters. The molecule has 0 radical (unpaired) electrons. The Morgan fingerprint density at radius 2 is 1.77 bits per heavy atom. The summed E-state index contributed by atoms with van der Waals surface area (Å²) in [4.78, 5) is 0. The molecule has 1 saturated heterocycles. The first-order valence-electron chi connectivity index (χ1n) is 4.51. The average Bonchev–Trinajstić information content (AvgIpc) is 2.15. The normalized spacial score (nSPS) is 22.4. The molecule has 0 saturated carbocycles. The second kappa shape index (κ2) is 4.75. The zero-order valence-electron chi connectivity index (χ0n) is 8.46. The molecule has 1 fully saturated rings. The van der Waals surface area contributed by atoms with Crippen LogP contribution in [0.5, 0.6) is 0 Å². The number of allylic oxidation sites excluding steroid dienone is 4. The number of hydrogen-bond donors (Lipinski definition) is 0. The Labute approximate surface area is 79.5 Å². The summed E-state index contributed by atoms with van der Waals surface area (Å²) >= 11 is 0. The van der Waals surface area contributed by atoms with Crippen LogP contribution in [0.1, 0.15) is 20.8 Å². The Morgan fingerprint density at radius 3 is 2.31 bits per heavy atom. The van der Waals surface area contributed by atoms with Crippen LogP contribution in [0.25, 0.3) is 0 Å². The van der Waals surface area contributed by atoms with E-state index in [4.69, 9.17) is 9.47 Å². The first-order chi connectivity index (χ1) is 6.24. The Balaban J connectivity index is 2.76. The topological polar surface area (TPSA) is 18.5 Å². The molecule has 1 aliphatic rings. The summed E-state index contributed by atoms with van der Waals surface area (Å²) in [7, 11) is 0. The fourth-order valence-corrected chi connectivity index (χ4v) is 1.04. The Bertz CT molecular complexity index is 255. The minimum atomic E-state index is 0.639. The molecule has 0 N–H and O–H groups in total. The fraction of sp³-hybridized carbons (Fsp3) is 0.455. The van der Waals surface area contributed by atoms with Crippen molar-refractivity contribution in [3.05, 3.63) is 35.3 Å². The van der Waals surface area contributed by atoms with Crippen molar-refractivity contribution in [1.29, 1.82) is 0 Å².